The Morgan fingerprint density at radius 3 is 2.55 bits per heavy atom. The quantitative estimate of drug-likeness (QED) is 0.513. The molecule has 0 atom stereocenters. The average molecular weight is 450 g/mol. The predicted molar refractivity (Wildman–Crippen MR) is 129 cm³/mol. The van der Waals surface area contributed by atoms with Crippen molar-refractivity contribution >= 4 is 34.6 Å². The molecule has 1 aliphatic carbocycles. The highest BCUT2D eigenvalue weighted by Crippen LogP contribution is 2.25. The van der Waals surface area contributed by atoms with Crippen molar-refractivity contribution in [2.45, 2.75) is 71.1 Å². The molecule has 1 aromatic carbocycles. The van der Waals surface area contributed by atoms with Gasteiger partial charge in [-0.2, -0.15) is 0 Å². The standard InChI is InChI=1S/C24H31N7O2/c1-15-6-5-7-18(12-15)28-21-20-19(26-14-27-21)13-25-22(31-20)29-16-8-10-17(11-9-16)30-23(32)33-24(2,3)4/h5-7,12-14,16-17H,8-11H2,1-4H3,(H,30,32)(H,25,29,31)(H,26,27,28). The molecule has 0 saturated heterocycles. The van der Waals surface area contributed by atoms with E-state index in [2.05, 4.69) is 37.0 Å². The summed E-state index contributed by atoms with van der Waals surface area (Å²) in [5.41, 5.74) is 2.95. The number of carbonyl (C=O) groups excluding carboxylic acids is 1. The molecule has 4 rings (SSSR count). The van der Waals surface area contributed by atoms with Crippen molar-refractivity contribution in [2.75, 3.05) is 10.6 Å². The summed E-state index contributed by atoms with van der Waals surface area (Å²) in [5, 5.41) is 9.75. The minimum atomic E-state index is -0.493. The number of anilines is 3. The van der Waals surface area contributed by atoms with Crippen molar-refractivity contribution in [1.29, 1.82) is 0 Å². The second-order valence-electron chi connectivity index (χ2n) is 9.48. The van der Waals surface area contributed by atoms with Crippen molar-refractivity contribution in [2.24, 2.45) is 0 Å². The van der Waals surface area contributed by atoms with Gasteiger partial charge >= 0.3 is 6.09 Å². The van der Waals surface area contributed by atoms with E-state index < -0.39 is 5.60 Å². The fourth-order valence-electron chi connectivity index (χ4n) is 3.91. The lowest BCUT2D eigenvalue weighted by Gasteiger charge is -2.30. The van der Waals surface area contributed by atoms with Crippen LogP contribution in [0.4, 0.5) is 22.2 Å². The van der Waals surface area contributed by atoms with Crippen LogP contribution >= 0.6 is 0 Å². The molecule has 9 heteroatoms. The summed E-state index contributed by atoms with van der Waals surface area (Å²) >= 11 is 0. The Balaban J connectivity index is 1.39. The highest BCUT2D eigenvalue weighted by Gasteiger charge is 2.25. The van der Waals surface area contributed by atoms with Gasteiger partial charge in [-0.25, -0.2) is 24.7 Å². The van der Waals surface area contributed by atoms with Gasteiger partial charge in [0.2, 0.25) is 5.95 Å². The highest BCUT2D eigenvalue weighted by molar-refractivity contribution is 5.87. The van der Waals surface area contributed by atoms with Gasteiger partial charge in [-0.05, 0) is 71.1 Å². The van der Waals surface area contributed by atoms with E-state index in [-0.39, 0.29) is 18.2 Å². The number of ether oxygens (including phenoxy) is 1. The van der Waals surface area contributed by atoms with E-state index in [4.69, 9.17) is 9.72 Å². The highest BCUT2D eigenvalue weighted by atomic mass is 16.6. The summed E-state index contributed by atoms with van der Waals surface area (Å²) in [7, 11) is 0. The van der Waals surface area contributed by atoms with Crippen LogP contribution in [-0.4, -0.2) is 43.7 Å². The average Bonchev–Trinajstić information content (AvgIpc) is 2.74. The van der Waals surface area contributed by atoms with E-state index in [0.717, 1.165) is 36.9 Å². The monoisotopic (exact) mass is 449 g/mol. The van der Waals surface area contributed by atoms with Gasteiger partial charge in [-0.1, -0.05) is 12.1 Å². The molecule has 0 unspecified atom stereocenters. The minimum absolute atomic E-state index is 0.119. The maximum atomic E-state index is 12.0. The van der Waals surface area contributed by atoms with Gasteiger partial charge in [-0.3, -0.25) is 0 Å². The number of rotatable bonds is 5. The molecular formula is C24H31N7O2. The Bertz CT molecular complexity index is 1120. The van der Waals surface area contributed by atoms with E-state index in [9.17, 15) is 4.79 Å². The largest absolute Gasteiger partial charge is 0.444 e. The van der Waals surface area contributed by atoms with Gasteiger partial charge in [0.05, 0.1) is 6.20 Å². The predicted octanol–water partition coefficient (Wildman–Crippen LogP) is 4.72. The summed E-state index contributed by atoms with van der Waals surface area (Å²) < 4.78 is 5.36. The van der Waals surface area contributed by atoms with E-state index in [1.54, 1.807) is 6.20 Å². The summed E-state index contributed by atoms with van der Waals surface area (Å²) in [6, 6.07) is 8.44. The molecule has 1 saturated carbocycles. The summed E-state index contributed by atoms with van der Waals surface area (Å²) in [6.07, 6.45) is 6.41. The topological polar surface area (TPSA) is 114 Å². The normalized spacial score (nSPS) is 18.5. The molecule has 2 heterocycles. The molecule has 9 nitrogen and oxygen atoms in total. The number of carbonyl (C=O) groups is 1. The number of nitrogens with one attached hydrogen (secondary N) is 3. The molecule has 0 radical (unpaired) electrons. The second-order valence-corrected chi connectivity index (χ2v) is 9.48. The fraction of sp³-hybridized carbons (Fsp3) is 0.458. The van der Waals surface area contributed by atoms with E-state index in [1.807, 2.05) is 45.9 Å². The third kappa shape index (κ3) is 6.27. The molecule has 3 N–H and O–H groups in total. The summed E-state index contributed by atoms with van der Waals surface area (Å²) in [4.78, 5) is 29.8. The maximum Gasteiger partial charge on any atom is 0.407 e. The summed E-state index contributed by atoms with van der Waals surface area (Å²) in [5.74, 6) is 1.19. The second kappa shape index (κ2) is 9.56. The SMILES string of the molecule is Cc1cccc(Nc2ncnc3cnc(NC4CCC(NC(=O)OC(C)(C)C)CC4)nc23)c1. The molecule has 1 fully saturated rings. The first kappa shape index (κ1) is 22.7. The first-order chi connectivity index (χ1) is 15.7. The zero-order chi connectivity index (χ0) is 23.4. The number of alkyl carbamates (subject to hydrolysis) is 1. The molecule has 1 aliphatic rings. The van der Waals surface area contributed by atoms with Gasteiger partial charge in [-0.15, -0.1) is 0 Å². The molecule has 0 bridgehead atoms. The Morgan fingerprint density at radius 1 is 1.06 bits per heavy atom. The van der Waals surface area contributed by atoms with Crippen LogP contribution in [0.15, 0.2) is 36.8 Å². The Labute approximate surface area is 193 Å². The lowest BCUT2D eigenvalue weighted by molar-refractivity contribution is 0.0492. The molecule has 2 aromatic heterocycles. The van der Waals surface area contributed by atoms with Crippen molar-refractivity contribution in [3.8, 4) is 0 Å². The Morgan fingerprint density at radius 2 is 1.82 bits per heavy atom. The van der Waals surface area contributed by atoms with Gasteiger partial charge in [0.1, 0.15) is 23.0 Å². The molecule has 1 amide bonds. The number of aromatic nitrogens is 4. The number of hydrogen-bond acceptors (Lipinski definition) is 8. The number of hydrogen-bond donors (Lipinski definition) is 3. The zero-order valence-electron chi connectivity index (χ0n) is 19.6. The minimum Gasteiger partial charge on any atom is -0.444 e. The third-order valence-electron chi connectivity index (χ3n) is 5.44. The maximum absolute atomic E-state index is 12.0. The smallest absolute Gasteiger partial charge is 0.407 e. The number of amides is 1. The van der Waals surface area contributed by atoms with Crippen LogP contribution in [0, 0.1) is 6.92 Å². The number of fused-ring (bicyclic) bond motifs is 1. The van der Waals surface area contributed by atoms with Crippen molar-refractivity contribution in [3.63, 3.8) is 0 Å². The molecule has 174 valence electrons. The van der Waals surface area contributed by atoms with Crippen LogP contribution in [0.3, 0.4) is 0 Å². The molecule has 33 heavy (non-hydrogen) atoms. The zero-order valence-corrected chi connectivity index (χ0v) is 19.6. The van der Waals surface area contributed by atoms with Crippen molar-refractivity contribution < 1.29 is 9.53 Å². The molecule has 0 spiro atoms. The van der Waals surface area contributed by atoms with E-state index in [0.29, 0.717) is 22.8 Å². The number of aryl methyl sites for hydroxylation is 1. The van der Waals surface area contributed by atoms with Gasteiger partial charge in [0.25, 0.3) is 0 Å². The number of benzene rings is 1. The molecule has 0 aliphatic heterocycles. The van der Waals surface area contributed by atoms with Crippen molar-refractivity contribution in [1.82, 2.24) is 25.3 Å². The third-order valence-corrected chi connectivity index (χ3v) is 5.44. The summed E-state index contributed by atoms with van der Waals surface area (Å²) in [6.45, 7) is 7.64. The molecular weight excluding hydrogens is 418 g/mol. The lowest BCUT2D eigenvalue weighted by atomic mass is 9.91. The van der Waals surface area contributed by atoms with E-state index in [1.165, 1.54) is 6.33 Å². The van der Waals surface area contributed by atoms with E-state index >= 15 is 0 Å². The van der Waals surface area contributed by atoms with Crippen LogP contribution in [0.2, 0.25) is 0 Å². The van der Waals surface area contributed by atoms with Crippen molar-refractivity contribution in [3.05, 3.63) is 42.4 Å². The van der Waals surface area contributed by atoms with Crippen LogP contribution < -0.4 is 16.0 Å². The first-order valence-corrected chi connectivity index (χ1v) is 11.3. The van der Waals surface area contributed by atoms with Crippen LogP contribution in [-0.2, 0) is 4.74 Å². The number of nitrogens with zero attached hydrogens (tertiary/aromatic N) is 4. The van der Waals surface area contributed by atoms with Crippen LogP contribution in [0.1, 0.15) is 52.0 Å². The van der Waals surface area contributed by atoms with Gasteiger partial charge in [0.15, 0.2) is 5.82 Å². The van der Waals surface area contributed by atoms with Gasteiger partial charge < -0.3 is 20.7 Å². The van der Waals surface area contributed by atoms with Crippen LogP contribution in [0.25, 0.3) is 11.0 Å². The van der Waals surface area contributed by atoms with Crippen LogP contribution in [0.5, 0.6) is 0 Å². The lowest BCUT2D eigenvalue weighted by Crippen LogP contribution is -2.42. The van der Waals surface area contributed by atoms with Gasteiger partial charge in [0, 0.05) is 17.8 Å². The Hall–Kier alpha value is -3.49. The molecule has 3 aromatic rings. The fourth-order valence-corrected chi connectivity index (χ4v) is 3.91. The first-order valence-electron chi connectivity index (χ1n) is 11.3. The Kier molecular flexibility index (Phi) is 6.57.